The fourth-order valence-corrected chi connectivity index (χ4v) is 2.86. The summed E-state index contributed by atoms with van der Waals surface area (Å²) in [6, 6.07) is 2.05. The molecular weight excluding hydrogens is 232 g/mol. The smallest absolute Gasteiger partial charge is 0.220 e. The molecule has 0 radical (unpaired) electrons. The number of hydrogen-bond acceptors (Lipinski definition) is 3. The molecule has 17 heavy (non-hydrogen) atoms. The van der Waals surface area contributed by atoms with Gasteiger partial charge >= 0.3 is 0 Å². The molecule has 2 N–H and O–H groups in total. The van der Waals surface area contributed by atoms with E-state index in [1.807, 2.05) is 5.38 Å². The SMILES string of the molecule is O=C(CCC1CCNCC1)NCc1ccsc1. The largest absolute Gasteiger partial charge is 0.352 e. The molecule has 1 amide bonds. The average Bonchev–Trinajstić information content (AvgIpc) is 2.88. The van der Waals surface area contributed by atoms with Gasteiger partial charge in [-0.3, -0.25) is 4.79 Å². The number of hydrogen-bond donors (Lipinski definition) is 2. The fraction of sp³-hybridized carbons (Fsp3) is 0.615. The molecule has 4 heteroatoms. The van der Waals surface area contributed by atoms with Gasteiger partial charge in [-0.15, -0.1) is 0 Å². The van der Waals surface area contributed by atoms with E-state index < -0.39 is 0 Å². The Morgan fingerprint density at radius 2 is 2.29 bits per heavy atom. The molecule has 0 spiro atoms. The molecule has 1 saturated heterocycles. The van der Waals surface area contributed by atoms with Crippen LogP contribution in [-0.4, -0.2) is 19.0 Å². The van der Waals surface area contributed by atoms with Crippen molar-refractivity contribution in [3.8, 4) is 0 Å². The quantitative estimate of drug-likeness (QED) is 0.843. The lowest BCUT2D eigenvalue weighted by Gasteiger charge is -2.22. The van der Waals surface area contributed by atoms with E-state index in [2.05, 4.69) is 22.1 Å². The van der Waals surface area contributed by atoms with Gasteiger partial charge in [0.2, 0.25) is 5.91 Å². The minimum absolute atomic E-state index is 0.190. The normalized spacial score (nSPS) is 16.9. The molecule has 1 aliphatic rings. The second kappa shape index (κ2) is 6.77. The summed E-state index contributed by atoms with van der Waals surface area (Å²) in [7, 11) is 0. The van der Waals surface area contributed by atoms with Crippen LogP contribution >= 0.6 is 11.3 Å². The Morgan fingerprint density at radius 1 is 1.47 bits per heavy atom. The Labute approximate surface area is 107 Å². The molecule has 94 valence electrons. The number of piperidine rings is 1. The van der Waals surface area contributed by atoms with Crippen molar-refractivity contribution in [3.05, 3.63) is 22.4 Å². The molecule has 0 saturated carbocycles. The second-order valence-corrected chi connectivity index (χ2v) is 5.42. The van der Waals surface area contributed by atoms with Crippen LogP contribution in [0.3, 0.4) is 0 Å². The molecule has 1 aromatic rings. The first-order valence-corrected chi connectivity index (χ1v) is 7.27. The average molecular weight is 252 g/mol. The highest BCUT2D eigenvalue weighted by atomic mass is 32.1. The molecular formula is C13H20N2OS. The maximum atomic E-state index is 11.7. The van der Waals surface area contributed by atoms with Crippen molar-refractivity contribution < 1.29 is 4.79 Å². The predicted octanol–water partition coefficient (Wildman–Crippen LogP) is 2.14. The zero-order valence-corrected chi connectivity index (χ0v) is 10.9. The van der Waals surface area contributed by atoms with Crippen LogP contribution in [0.15, 0.2) is 16.8 Å². The van der Waals surface area contributed by atoms with E-state index >= 15 is 0 Å². The summed E-state index contributed by atoms with van der Waals surface area (Å²) >= 11 is 1.67. The van der Waals surface area contributed by atoms with Crippen molar-refractivity contribution >= 4 is 17.2 Å². The van der Waals surface area contributed by atoms with Crippen molar-refractivity contribution in [2.75, 3.05) is 13.1 Å². The van der Waals surface area contributed by atoms with Gasteiger partial charge in [0.25, 0.3) is 0 Å². The Kier molecular flexibility index (Phi) is 5.01. The molecule has 1 fully saturated rings. The molecule has 0 aliphatic carbocycles. The summed E-state index contributed by atoms with van der Waals surface area (Å²) < 4.78 is 0. The molecule has 2 heterocycles. The number of thiophene rings is 1. The monoisotopic (exact) mass is 252 g/mol. The van der Waals surface area contributed by atoms with E-state index in [1.54, 1.807) is 11.3 Å². The van der Waals surface area contributed by atoms with Crippen LogP contribution in [0, 0.1) is 5.92 Å². The fourth-order valence-electron chi connectivity index (χ4n) is 2.19. The van der Waals surface area contributed by atoms with Gasteiger partial charge in [-0.25, -0.2) is 0 Å². The summed E-state index contributed by atoms with van der Waals surface area (Å²) in [6.45, 7) is 2.90. The van der Waals surface area contributed by atoms with Gasteiger partial charge in [0.05, 0.1) is 0 Å². The molecule has 0 bridgehead atoms. The van der Waals surface area contributed by atoms with E-state index in [0.29, 0.717) is 13.0 Å². The second-order valence-electron chi connectivity index (χ2n) is 4.64. The number of rotatable bonds is 5. The zero-order valence-electron chi connectivity index (χ0n) is 10.1. The third kappa shape index (κ3) is 4.48. The topological polar surface area (TPSA) is 41.1 Å². The van der Waals surface area contributed by atoms with Gasteiger partial charge in [0.15, 0.2) is 0 Å². The lowest BCUT2D eigenvalue weighted by molar-refractivity contribution is -0.121. The van der Waals surface area contributed by atoms with E-state index in [4.69, 9.17) is 0 Å². The number of amides is 1. The summed E-state index contributed by atoms with van der Waals surface area (Å²) in [5, 5.41) is 10.4. The van der Waals surface area contributed by atoms with Crippen LogP contribution in [-0.2, 0) is 11.3 Å². The third-order valence-corrected chi connectivity index (χ3v) is 4.04. The van der Waals surface area contributed by atoms with Crippen molar-refractivity contribution in [3.63, 3.8) is 0 Å². The van der Waals surface area contributed by atoms with E-state index in [9.17, 15) is 4.79 Å². The first kappa shape index (κ1) is 12.6. The molecule has 0 atom stereocenters. The van der Waals surface area contributed by atoms with Crippen LogP contribution in [0.2, 0.25) is 0 Å². The Hall–Kier alpha value is -0.870. The van der Waals surface area contributed by atoms with Crippen LogP contribution in [0.5, 0.6) is 0 Å². The van der Waals surface area contributed by atoms with Gasteiger partial charge in [0, 0.05) is 13.0 Å². The Balaban J connectivity index is 1.60. The predicted molar refractivity (Wildman–Crippen MR) is 71.0 cm³/mol. The molecule has 1 aliphatic heterocycles. The van der Waals surface area contributed by atoms with E-state index in [0.717, 1.165) is 25.4 Å². The molecule has 3 nitrogen and oxygen atoms in total. The minimum atomic E-state index is 0.190. The molecule has 0 aromatic carbocycles. The first-order valence-electron chi connectivity index (χ1n) is 6.33. The Bertz CT molecular complexity index is 331. The summed E-state index contributed by atoms with van der Waals surface area (Å²) in [6.07, 6.45) is 4.15. The van der Waals surface area contributed by atoms with Gasteiger partial charge in [0.1, 0.15) is 0 Å². The molecule has 0 unspecified atom stereocenters. The van der Waals surface area contributed by atoms with E-state index in [-0.39, 0.29) is 5.91 Å². The summed E-state index contributed by atoms with van der Waals surface area (Å²) in [5.41, 5.74) is 1.20. The van der Waals surface area contributed by atoms with Crippen molar-refractivity contribution in [1.29, 1.82) is 0 Å². The highest BCUT2D eigenvalue weighted by molar-refractivity contribution is 7.07. The maximum absolute atomic E-state index is 11.7. The first-order chi connectivity index (χ1) is 8.34. The van der Waals surface area contributed by atoms with Gasteiger partial charge in [-0.2, -0.15) is 11.3 Å². The van der Waals surface area contributed by atoms with Crippen molar-refractivity contribution in [1.82, 2.24) is 10.6 Å². The Morgan fingerprint density at radius 3 is 3.00 bits per heavy atom. The highest BCUT2D eigenvalue weighted by Gasteiger charge is 2.14. The maximum Gasteiger partial charge on any atom is 0.220 e. The molecule has 1 aromatic heterocycles. The molecule has 2 rings (SSSR count). The lowest BCUT2D eigenvalue weighted by Crippen LogP contribution is -2.29. The number of carbonyl (C=O) groups excluding carboxylic acids is 1. The minimum Gasteiger partial charge on any atom is -0.352 e. The number of carbonyl (C=O) groups is 1. The van der Waals surface area contributed by atoms with Gasteiger partial charge in [-0.05, 0) is 60.7 Å². The summed E-state index contributed by atoms with van der Waals surface area (Å²) in [4.78, 5) is 11.7. The van der Waals surface area contributed by atoms with Gasteiger partial charge < -0.3 is 10.6 Å². The van der Waals surface area contributed by atoms with Crippen molar-refractivity contribution in [2.24, 2.45) is 5.92 Å². The standard InChI is InChI=1S/C13H20N2OS/c16-13(15-9-12-5-8-17-10-12)2-1-11-3-6-14-7-4-11/h5,8,10-11,14H,1-4,6-7,9H2,(H,15,16). The number of nitrogens with one attached hydrogen (secondary N) is 2. The van der Waals surface area contributed by atoms with E-state index in [1.165, 1.54) is 18.4 Å². The van der Waals surface area contributed by atoms with Crippen LogP contribution in [0.1, 0.15) is 31.2 Å². The summed E-state index contributed by atoms with van der Waals surface area (Å²) in [5.74, 6) is 0.929. The van der Waals surface area contributed by atoms with Gasteiger partial charge in [-0.1, -0.05) is 0 Å². The van der Waals surface area contributed by atoms with Crippen LogP contribution in [0.25, 0.3) is 0 Å². The van der Waals surface area contributed by atoms with Crippen molar-refractivity contribution in [2.45, 2.75) is 32.2 Å². The lowest BCUT2D eigenvalue weighted by atomic mass is 9.93. The third-order valence-electron chi connectivity index (χ3n) is 3.31. The van der Waals surface area contributed by atoms with Crippen LogP contribution in [0.4, 0.5) is 0 Å². The van der Waals surface area contributed by atoms with Crippen LogP contribution < -0.4 is 10.6 Å². The zero-order chi connectivity index (χ0) is 11.9. The highest BCUT2D eigenvalue weighted by Crippen LogP contribution is 2.17.